The number of aromatic nitrogens is 2. The van der Waals surface area contributed by atoms with Crippen molar-refractivity contribution in [1.29, 1.82) is 0 Å². The number of H-pyrrole nitrogens is 1. The highest BCUT2D eigenvalue weighted by molar-refractivity contribution is 5.89. The normalized spacial score (nSPS) is 19.5. The largest absolute Gasteiger partial charge is 0.346 e. The first-order valence-corrected chi connectivity index (χ1v) is 9.14. The van der Waals surface area contributed by atoms with Crippen LogP contribution < -0.4 is 5.32 Å². The van der Waals surface area contributed by atoms with Crippen molar-refractivity contribution in [3.63, 3.8) is 0 Å². The molecule has 0 amide bonds. The topological polar surface area (TPSA) is 53.1 Å². The Morgan fingerprint density at radius 1 is 1.16 bits per heavy atom. The SMILES string of the molecule is Cc1c[nH]c2ncc(-c3cc4c(c(C5CCCN5)c3)CCN=C4)cc12. The number of pyridine rings is 1. The van der Waals surface area contributed by atoms with E-state index in [1.807, 2.05) is 18.6 Å². The predicted molar refractivity (Wildman–Crippen MR) is 102 cm³/mol. The summed E-state index contributed by atoms with van der Waals surface area (Å²) in [5.74, 6) is 0. The van der Waals surface area contributed by atoms with Gasteiger partial charge in [-0.1, -0.05) is 0 Å². The van der Waals surface area contributed by atoms with Crippen LogP contribution in [0.5, 0.6) is 0 Å². The molecule has 4 heterocycles. The fraction of sp³-hybridized carbons (Fsp3) is 0.333. The van der Waals surface area contributed by atoms with Gasteiger partial charge in [-0.2, -0.15) is 0 Å². The van der Waals surface area contributed by atoms with E-state index in [-0.39, 0.29) is 0 Å². The highest BCUT2D eigenvalue weighted by atomic mass is 14.9. The molecular weight excluding hydrogens is 308 g/mol. The molecule has 1 atom stereocenters. The summed E-state index contributed by atoms with van der Waals surface area (Å²) in [5.41, 5.74) is 8.83. The van der Waals surface area contributed by atoms with Crippen molar-refractivity contribution in [3.8, 4) is 11.1 Å². The van der Waals surface area contributed by atoms with Crippen molar-refractivity contribution in [1.82, 2.24) is 15.3 Å². The van der Waals surface area contributed by atoms with Crippen LogP contribution in [0.3, 0.4) is 0 Å². The molecule has 126 valence electrons. The number of fused-ring (bicyclic) bond motifs is 2. The second-order valence-corrected chi connectivity index (χ2v) is 7.16. The summed E-state index contributed by atoms with van der Waals surface area (Å²) < 4.78 is 0. The van der Waals surface area contributed by atoms with Crippen LogP contribution in [-0.2, 0) is 6.42 Å². The van der Waals surface area contributed by atoms with Gasteiger partial charge in [0, 0.05) is 42.1 Å². The van der Waals surface area contributed by atoms with Crippen LogP contribution in [-0.4, -0.2) is 29.3 Å². The Balaban J connectivity index is 1.68. The Kier molecular flexibility index (Phi) is 3.45. The maximum absolute atomic E-state index is 4.61. The molecular formula is C21H22N4. The van der Waals surface area contributed by atoms with Crippen molar-refractivity contribution in [3.05, 3.63) is 52.8 Å². The third-order valence-electron chi connectivity index (χ3n) is 5.55. The molecule has 0 saturated carbocycles. The molecule has 2 N–H and O–H groups in total. The first-order chi connectivity index (χ1) is 12.3. The Morgan fingerprint density at radius 3 is 3.00 bits per heavy atom. The van der Waals surface area contributed by atoms with E-state index in [4.69, 9.17) is 0 Å². The maximum atomic E-state index is 4.61. The summed E-state index contributed by atoms with van der Waals surface area (Å²) in [5, 5.41) is 4.87. The summed E-state index contributed by atoms with van der Waals surface area (Å²) in [7, 11) is 0. The smallest absolute Gasteiger partial charge is 0.137 e. The van der Waals surface area contributed by atoms with Crippen LogP contribution in [0, 0.1) is 6.92 Å². The van der Waals surface area contributed by atoms with Gasteiger partial charge < -0.3 is 10.3 Å². The number of rotatable bonds is 2. The molecule has 2 aliphatic heterocycles. The quantitative estimate of drug-likeness (QED) is 0.748. The molecule has 0 bridgehead atoms. The lowest BCUT2D eigenvalue weighted by Gasteiger charge is -2.21. The molecule has 2 aliphatic rings. The predicted octanol–water partition coefficient (Wildman–Crippen LogP) is 3.94. The molecule has 0 spiro atoms. The van der Waals surface area contributed by atoms with E-state index < -0.39 is 0 Å². The van der Waals surface area contributed by atoms with Gasteiger partial charge in [-0.15, -0.1) is 0 Å². The average Bonchev–Trinajstić information content (AvgIpc) is 3.31. The number of aryl methyl sites for hydroxylation is 1. The Labute approximate surface area is 147 Å². The maximum Gasteiger partial charge on any atom is 0.137 e. The summed E-state index contributed by atoms with van der Waals surface area (Å²) in [4.78, 5) is 12.4. The zero-order chi connectivity index (χ0) is 16.8. The standard InChI is InChI=1S/C21H22N4/c1-13-10-24-21-18(13)9-15(12-25-21)14-7-16-11-22-6-4-17(16)19(8-14)20-3-2-5-23-20/h7-12,20,23H,2-6H2,1H3,(H,24,25). The lowest BCUT2D eigenvalue weighted by atomic mass is 9.88. The van der Waals surface area contributed by atoms with Crippen molar-refractivity contribution < 1.29 is 0 Å². The highest BCUT2D eigenvalue weighted by Gasteiger charge is 2.23. The zero-order valence-corrected chi connectivity index (χ0v) is 14.5. The second-order valence-electron chi connectivity index (χ2n) is 7.16. The average molecular weight is 330 g/mol. The van der Waals surface area contributed by atoms with Gasteiger partial charge in [0.05, 0.1) is 0 Å². The molecule has 0 radical (unpaired) electrons. The van der Waals surface area contributed by atoms with Gasteiger partial charge in [0.2, 0.25) is 0 Å². The van der Waals surface area contributed by atoms with Crippen molar-refractivity contribution in [2.75, 3.05) is 13.1 Å². The van der Waals surface area contributed by atoms with E-state index >= 15 is 0 Å². The number of hydrogen-bond acceptors (Lipinski definition) is 3. The second kappa shape index (κ2) is 5.81. The van der Waals surface area contributed by atoms with E-state index in [0.29, 0.717) is 6.04 Å². The fourth-order valence-corrected chi connectivity index (χ4v) is 4.18. The minimum Gasteiger partial charge on any atom is -0.346 e. The molecule has 1 aromatic carbocycles. The van der Waals surface area contributed by atoms with Crippen LogP contribution >= 0.6 is 0 Å². The van der Waals surface area contributed by atoms with Gasteiger partial charge in [0.15, 0.2) is 0 Å². The summed E-state index contributed by atoms with van der Waals surface area (Å²) in [6, 6.07) is 7.39. The Morgan fingerprint density at radius 2 is 2.12 bits per heavy atom. The number of aliphatic imine (C=N–C) groups is 1. The molecule has 1 unspecified atom stereocenters. The molecule has 4 nitrogen and oxygen atoms in total. The number of nitrogens with one attached hydrogen (secondary N) is 2. The molecule has 25 heavy (non-hydrogen) atoms. The summed E-state index contributed by atoms with van der Waals surface area (Å²) in [6.45, 7) is 4.15. The van der Waals surface area contributed by atoms with Crippen LogP contribution in [0.15, 0.2) is 35.6 Å². The third kappa shape index (κ3) is 2.48. The first kappa shape index (κ1) is 14.8. The minimum atomic E-state index is 0.478. The minimum absolute atomic E-state index is 0.478. The third-order valence-corrected chi connectivity index (χ3v) is 5.55. The zero-order valence-electron chi connectivity index (χ0n) is 14.5. The Hall–Kier alpha value is -2.46. The van der Waals surface area contributed by atoms with Crippen LogP contribution in [0.4, 0.5) is 0 Å². The monoisotopic (exact) mass is 330 g/mol. The van der Waals surface area contributed by atoms with Crippen LogP contribution in [0.2, 0.25) is 0 Å². The number of aromatic amines is 1. The lowest BCUT2D eigenvalue weighted by Crippen LogP contribution is -2.17. The van der Waals surface area contributed by atoms with E-state index in [9.17, 15) is 0 Å². The van der Waals surface area contributed by atoms with E-state index in [1.165, 1.54) is 51.6 Å². The van der Waals surface area contributed by atoms with Gasteiger partial charge >= 0.3 is 0 Å². The lowest BCUT2D eigenvalue weighted by molar-refractivity contribution is 0.639. The number of benzene rings is 1. The molecule has 1 fully saturated rings. The molecule has 2 aromatic heterocycles. The first-order valence-electron chi connectivity index (χ1n) is 9.14. The van der Waals surface area contributed by atoms with Gasteiger partial charge in [-0.3, -0.25) is 4.99 Å². The van der Waals surface area contributed by atoms with Crippen molar-refractivity contribution >= 4 is 17.2 Å². The molecule has 1 saturated heterocycles. The molecule has 4 heteroatoms. The van der Waals surface area contributed by atoms with Gasteiger partial charge in [0.1, 0.15) is 5.65 Å². The van der Waals surface area contributed by atoms with E-state index in [1.54, 1.807) is 0 Å². The molecule has 5 rings (SSSR count). The number of hydrogen-bond donors (Lipinski definition) is 2. The number of nitrogens with zero attached hydrogens (tertiary/aromatic N) is 2. The molecule has 3 aromatic rings. The highest BCUT2D eigenvalue weighted by Crippen LogP contribution is 2.34. The Bertz CT molecular complexity index is 977. The van der Waals surface area contributed by atoms with Gasteiger partial charge in [0.25, 0.3) is 0 Å². The summed E-state index contributed by atoms with van der Waals surface area (Å²) >= 11 is 0. The fourth-order valence-electron chi connectivity index (χ4n) is 4.18. The van der Waals surface area contributed by atoms with Gasteiger partial charge in [-0.05, 0) is 78.7 Å². The van der Waals surface area contributed by atoms with Gasteiger partial charge in [-0.25, -0.2) is 4.98 Å². The summed E-state index contributed by atoms with van der Waals surface area (Å²) in [6.07, 6.45) is 9.58. The van der Waals surface area contributed by atoms with Crippen LogP contribution in [0.1, 0.15) is 41.1 Å². The van der Waals surface area contributed by atoms with E-state index in [0.717, 1.165) is 25.2 Å². The molecule has 0 aliphatic carbocycles. The van der Waals surface area contributed by atoms with Crippen molar-refractivity contribution in [2.24, 2.45) is 4.99 Å². The van der Waals surface area contributed by atoms with Crippen LogP contribution in [0.25, 0.3) is 22.2 Å². The van der Waals surface area contributed by atoms with Crippen molar-refractivity contribution in [2.45, 2.75) is 32.2 Å². The van der Waals surface area contributed by atoms with E-state index in [2.05, 4.69) is 45.4 Å².